The first-order valence-corrected chi connectivity index (χ1v) is 9.14. The highest BCUT2D eigenvalue weighted by Gasteiger charge is 2.25. The molecule has 0 atom stereocenters. The van der Waals surface area contributed by atoms with Crippen molar-refractivity contribution in [3.8, 4) is 16.9 Å². The fourth-order valence-corrected chi connectivity index (χ4v) is 3.96. The first-order valence-electron chi connectivity index (χ1n) is 9.14. The van der Waals surface area contributed by atoms with Gasteiger partial charge in [-0.25, -0.2) is 4.68 Å². The summed E-state index contributed by atoms with van der Waals surface area (Å²) in [6.45, 7) is 5.29. The highest BCUT2D eigenvalue weighted by Crippen LogP contribution is 2.38. The monoisotopic (exact) mass is 339 g/mol. The predicted octanol–water partition coefficient (Wildman–Crippen LogP) is 5.28. The van der Waals surface area contributed by atoms with E-state index in [-0.39, 0.29) is 0 Å². The molecular weight excluding hydrogens is 318 g/mol. The van der Waals surface area contributed by atoms with E-state index in [1.54, 1.807) is 0 Å². The minimum absolute atomic E-state index is 0.968. The zero-order valence-corrected chi connectivity index (χ0v) is 15.1. The topological polar surface area (TPSA) is 29.9 Å². The molecule has 0 aliphatic carbocycles. The second-order valence-corrected chi connectivity index (χ2v) is 7.01. The Kier molecular flexibility index (Phi) is 3.35. The molecule has 4 aromatic rings. The molecule has 0 bridgehead atoms. The van der Waals surface area contributed by atoms with E-state index in [1.807, 2.05) is 0 Å². The molecule has 3 heteroatoms. The summed E-state index contributed by atoms with van der Waals surface area (Å²) < 4.78 is 2.10. The lowest BCUT2D eigenvalue weighted by atomic mass is 9.99. The first-order chi connectivity index (χ1) is 12.7. The molecule has 3 nitrogen and oxygen atoms in total. The molecule has 0 spiro atoms. The Bertz CT molecular complexity index is 1130. The maximum Gasteiger partial charge on any atom is 0.133 e. The summed E-state index contributed by atoms with van der Waals surface area (Å²) in [6, 6.07) is 21.5. The summed E-state index contributed by atoms with van der Waals surface area (Å²) in [5.74, 6) is 1.14. The summed E-state index contributed by atoms with van der Waals surface area (Å²) in [7, 11) is 0. The number of aryl methyl sites for hydroxylation is 1. The van der Waals surface area contributed by atoms with E-state index >= 15 is 0 Å². The van der Waals surface area contributed by atoms with E-state index in [4.69, 9.17) is 5.10 Å². The molecule has 0 saturated heterocycles. The molecule has 26 heavy (non-hydrogen) atoms. The van der Waals surface area contributed by atoms with Crippen molar-refractivity contribution in [3.05, 3.63) is 77.4 Å². The van der Waals surface area contributed by atoms with Gasteiger partial charge in [0.25, 0.3) is 0 Å². The third-order valence-electron chi connectivity index (χ3n) is 5.50. The van der Waals surface area contributed by atoms with Crippen LogP contribution in [0.15, 0.2) is 60.7 Å². The van der Waals surface area contributed by atoms with Crippen molar-refractivity contribution in [2.24, 2.45) is 0 Å². The molecule has 3 aromatic carbocycles. The van der Waals surface area contributed by atoms with Crippen LogP contribution in [0.5, 0.6) is 0 Å². The SMILES string of the molecule is Cc1cccc(-n2nc(-c3cccc4ccccc34)c3c2NCC3)c1C. The number of rotatable bonds is 2. The normalized spacial score (nSPS) is 13.0. The average Bonchev–Trinajstić information content (AvgIpc) is 3.27. The zero-order valence-electron chi connectivity index (χ0n) is 15.1. The van der Waals surface area contributed by atoms with Crippen molar-refractivity contribution in [2.45, 2.75) is 20.3 Å². The Hall–Kier alpha value is -3.07. The minimum atomic E-state index is 0.968. The molecule has 0 unspecified atom stereocenters. The van der Waals surface area contributed by atoms with Gasteiger partial charge in [0.05, 0.1) is 11.4 Å². The van der Waals surface area contributed by atoms with Crippen LogP contribution in [0, 0.1) is 13.8 Å². The fourth-order valence-electron chi connectivity index (χ4n) is 3.96. The van der Waals surface area contributed by atoms with Crippen LogP contribution in [0.2, 0.25) is 0 Å². The van der Waals surface area contributed by atoms with Crippen LogP contribution in [-0.2, 0) is 6.42 Å². The average molecular weight is 339 g/mol. The predicted molar refractivity (Wildman–Crippen MR) is 108 cm³/mol. The van der Waals surface area contributed by atoms with Gasteiger partial charge in [0.15, 0.2) is 0 Å². The molecule has 0 radical (unpaired) electrons. The van der Waals surface area contributed by atoms with Crippen LogP contribution in [0.1, 0.15) is 16.7 Å². The minimum Gasteiger partial charge on any atom is -0.369 e. The van der Waals surface area contributed by atoms with E-state index in [9.17, 15) is 0 Å². The number of anilines is 1. The third kappa shape index (κ3) is 2.17. The molecule has 0 saturated carbocycles. The van der Waals surface area contributed by atoms with Crippen LogP contribution in [0.3, 0.4) is 0 Å². The lowest BCUT2D eigenvalue weighted by Gasteiger charge is -2.11. The van der Waals surface area contributed by atoms with Gasteiger partial charge < -0.3 is 5.32 Å². The van der Waals surface area contributed by atoms with Crippen molar-refractivity contribution < 1.29 is 0 Å². The van der Waals surface area contributed by atoms with Gasteiger partial charge in [-0.1, -0.05) is 54.6 Å². The van der Waals surface area contributed by atoms with E-state index in [1.165, 1.54) is 33.0 Å². The second kappa shape index (κ2) is 5.73. The number of nitrogens with zero attached hydrogens (tertiary/aromatic N) is 2. The van der Waals surface area contributed by atoms with E-state index in [2.05, 4.69) is 84.5 Å². The maximum absolute atomic E-state index is 5.08. The Morgan fingerprint density at radius 3 is 2.65 bits per heavy atom. The standard InChI is InChI=1S/C23H21N3/c1-15-7-5-12-21(16(15)2)26-23-20(13-14-24-23)22(25-26)19-11-6-9-17-8-3-4-10-18(17)19/h3-12,24H,13-14H2,1-2H3. The van der Waals surface area contributed by atoms with Gasteiger partial charge in [-0.2, -0.15) is 5.10 Å². The zero-order chi connectivity index (χ0) is 17.7. The molecule has 0 fully saturated rings. The van der Waals surface area contributed by atoms with Crippen molar-refractivity contribution >= 4 is 16.6 Å². The van der Waals surface area contributed by atoms with Gasteiger partial charge in [0, 0.05) is 17.7 Å². The Morgan fingerprint density at radius 2 is 1.73 bits per heavy atom. The van der Waals surface area contributed by atoms with Crippen molar-refractivity contribution in [2.75, 3.05) is 11.9 Å². The number of hydrogen-bond donors (Lipinski definition) is 1. The van der Waals surface area contributed by atoms with Gasteiger partial charge >= 0.3 is 0 Å². The van der Waals surface area contributed by atoms with Gasteiger partial charge in [-0.15, -0.1) is 0 Å². The Balaban J connectivity index is 1.78. The van der Waals surface area contributed by atoms with Crippen molar-refractivity contribution in [1.29, 1.82) is 0 Å². The van der Waals surface area contributed by atoms with E-state index in [0.29, 0.717) is 0 Å². The quantitative estimate of drug-likeness (QED) is 0.539. The first kappa shape index (κ1) is 15.2. The smallest absolute Gasteiger partial charge is 0.133 e. The highest BCUT2D eigenvalue weighted by molar-refractivity contribution is 5.97. The summed E-state index contributed by atoms with van der Waals surface area (Å²) in [5, 5.41) is 11.1. The van der Waals surface area contributed by atoms with Crippen LogP contribution >= 0.6 is 0 Å². The lowest BCUT2D eigenvalue weighted by Crippen LogP contribution is -2.06. The van der Waals surface area contributed by atoms with Crippen molar-refractivity contribution in [3.63, 3.8) is 0 Å². The molecular formula is C23H21N3. The maximum atomic E-state index is 5.08. The van der Waals surface area contributed by atoms with Gasteiger partial charge in [0.1, 0.15) is 5.82 Å². The molecule has 5 rings (SSSR count). The number of nitrogens with one attached hydrogen (secondary N) is 1. The van der Waals surface area contributed by atoms with Crippen LogP contribution in [0.25, 0.3) is 27.7 Å². The fraction of sp³-hybridized carbons (Fsp3) is 0.174. The van der Waals surface area contributed by atoms with E-state index in [0.717, 1.165) is 30.2 Å². The Morgan fingerprint density at radius 1 is 0.923 bits per heavy atom. The van der Waals surface area contributed by atoms with Crippen molar-refractivity contribution in [1.82, 2.24) is 9.78 Å². The highest BCUT2D eigenvalue weighted by atomic mass is 15.3. The largest absolute Gasteiger partial charge is 0.369 e. The van der Waals surface area contributed by atoms with Crippen LogP contribution < -0.4 is 5.32 Å². The number of fused-ring (bicyclic) bond motifs is 2. The molecule has 1 aromatic heterocycles. The lowest BCUT2D eigenvalue weighted by molar-refractivity contribution is 0.873. The number of hydrogen-bond acceptors (Lipinski definition) is 2. The van der Waals surface area contributed by atoms with Gasteiger partial charge in [-0.3, -0.25) is 0 Å². The molecule has 1 aliphatic rings. The summed E-state index contributed by atoms with van der Waals surface area (Å²) in [5.41, 5.74) is 7.35. The van der Waals surface area contributed by atoms with Gasteiger partial charge in [0.2, 0.25) is 0 Å². The molecule has 1 aliphatic heterocycles. The summed E-state index contributed by atoms with van der Waals surface area (Å²) >= 11 is 0. The van der Waals surface area contributed by atoms with Gasteiger partial charge in [-0.05, 0) is 48.2 Å². The molecule has 128 valence electrons. The summed E-state index contributed by atoms with van der Waals surface area (Å²) in [6.07, 6.45) is 1.01. The van der Waals surface area contributed by atoms with Crippen LogP contribution in [0.4, 0.5) is 5.82 Å². The Labute approximate surface area is 153 Å². The molecule has 0 amide bonds. The second-order valence-electron chi connectivity index (χ2n) is 7.01. The number of aromatic nitrogens is 2. The molecule has 2 heterocycles. The third-order valence-corrected chi connectivity index (χ3v) is 5.50. The van der Waals surface area contributed by atoms with Crippen LogP contribution in [-0.4, -0.2) is 16.3 Å². The molecule has 1 N–H and O–H groups in total. The van der Waals surface area contributed by atoms with E-state index < -0.39 is 0 Å². The number of benzene rings is 3. The summed E-state index contributed by atoms with van der Waals surface area (Å²) in [4.78, 5) is 0.